The van der Waals surface area contributed by atoms with E-state index in [1.165, 1.54) is 0 Å². The van der Waals surface area contributed by atoms with Crippen molar-refractivity contribution < 1.29 is 54.3 Å². The molecule has 3 saturated heterocycles. The van der Waals surface area contributed by atoms with Gasteiger partial charge >= 0.3 is 0 Å². The van der Waals surface area contributed by atoms with E-state index in [9.17, 15) is 30.6 Å². The zero-order valence-electron chi connectivity index (χ0n) is 22.8. The van der Waals surface area contributed by atoms with Crippen LogP contribution in [0.4, 0.5) is 0 Å². The Morgan fingerprint density at radius 2 is 1.39 bits per heavy atom. The minimum absolute atomic E-state index is 0.138. The molecule has 4 rings (SSSR count). The fourth-order valence-electron chi connectivity index (χ4n) is 6.34. The third-order valence-electron chi connectivity index (χ3n) is 8.83. The maximum atomic E-state index is 11.2. The molecule has 0 amide bonds. The minimum Gasteiger partial charge on any atom is -0.395 e. The van der Waals surface area contributed by atoms with E-state index < -0.39 is 116 Å². The molecule has 0 aromatic rings. The van der Waals surface area contributed by atoms with Crippen LogP contribution in [0.5, 0.6) is 0 Å². The SMILES string of the molecule is NC[C@@H]1O[C@H](O[C@H]2[C@@H](O)[C@H](O[C@@H]3[C@@H](O)[C@H](N)C[C@H](N)[C@H]3C3O[C@H]([C@@H](N)CO)CC[C@H]3N)O[C@@H]2CO)[C@H](N)[C@@H](O)[C@@H]1O. The molecule has 0 aromatic carbocycles. The molecule has 0 spiro atoms. The molecule has 0 aromatic heterocycles. The van der Waals surface area contributed by atoms with Gasteiger partial charge in [-0.05, 0) is 19.3 Å². The van der Waals surface area contributed by atoms with E-state index in [0.29, 0.717) is 12.8 Å². The number of hydrogen-bond donors (Lipinski definition) is 12. The molecule has 41 heavy (non-hydrogen) atoms. The molecular weight excluding hydrogens is 548 g/mol. The van der Waals surface area contributed by atoms with Gasteiger partial charge in [0.05, 0.1) is 49.7 Å². The lowest BCUT2D eigenvalue weighted by Crippen LogP contribution is -2.67. The Morgan fingerprint density at radius 1 is 0.732 bits per heavy atom. The molecule has 1 saturated carbocycles. The molecule has 17 nitrogen and oxygen atoms in total. The molecule has 3 heterocycles. The summed E-state index contributed by atoms with van der Waals surface area (Å²) in [7, 11) is 0. The van der Waals surface area contributed by atoms with E-state index in [1.54, 1.807) is 0 Å². The maximum absolute atomic E-state index is 11.2. The minimum atomic E-state index is -1.53. The molecule has 18 atom stereocenters. The monoisotopic (exact) mass is 596 g/mol. The van der Waals surface area contributed by atoms with Gasteiger partial charge in [0.2, 0.25) is 0 Å². The molecule has 18 N–H and O–H groups in total. The highest BCUT2D eigenvalue weighted by atomic mass is 16.7. The van der Waals surface area contributed by atoms with Crippen LogP contribution in [0.2, 0.25) is 0 Å². The molecule has 240 valence electrons. The van der Waals surface area contributed by atoms with Gasteiger partial charge in [0, 0.05) is 30.6 Å². The summed E-state index contributed by atoms with van der Waals surface area (Å²) in [5, 5.41) is 62.3. The third-order valence-corrected chi connectivity index (χ3v) is 8.83. The summed E-state index contributed by atoms with van der Waals surface area (Å²) < 4.78 is 29.6. The molecule has 17 heteroatoms. The molecule has 0 radical (unpaired) electrons. The van der Waals surface area contributed by atoms with Crippen LogP contribution in [0.1, 0.15) is 19.3 Å². The Balaban J connectivity index is 1.52. The van der Waals surface area contributed by atoms with Crippen LogP contribution in [0.25, 0.3) is 0 Å². The van der Waals surface area contributed by atoms with E-state index in [-0.39, 0.29) is 19.6 Å². The first-order chi connectivity index (χ1) is 19.4. The van der Waals surface area contributed by atoms with Gasteiger partial charge in [-0.3, -0.25) is 0 Å². The maximum Gasteiger partial charge on any atom is 0.187 e. The van der Waals surface area contributed by atoms with Crippen molar-refractivity contribution in [2.45, 2.75) is 123 Å². The molecule has 3 aliphatic heterocycles. The predicted molar refractivity (Wildman–Crippen MR) is 140 cm³/mol. The van der Waals surface area contributed by atoms with Crippen molar-refractivity contribution in [2.75, 3.05) is 19.8 Å². The number of hydrogen-bond acceptors (Lipinski definition) is 17. The highest BCUT2D eigenvalue weighted by molar-refractivity contribution is 5.05. The van der Waals surface area contributed by atoms with Crippen molar-refractivity contribution in [3.05, 3.63) is 0 Å². The highest BCUT2D eigenvalue weighted by Crippen LogP contribution is 2.38. The second kappa shape index (κ2) is 14.0. The number of rotatable bonds is 9. The van der Waals surface area contributed by atoms with E-state index in [4.69, 9.17) is 58.1 Å². The number of aliphatic hydroxyl groups is 6. The van der Waals surface area contributed by atoms with Crippen LogP contribution >= 0.6 is 0 Å². The fraction of sp³-hybridized carbons (Fsp3) is 1.00. The van der Waals surface area contributed by atoms with Gasteiger partial charge in [0.25, 0.3) is 0 Å². The smallest absolute Gasteiger partial charge is 0.187 e. The lowest BCUT2D eigenvalue weighted by atomic mass is 9.72. The Kier molecular flexibility index (Phi) is 11.3. The normalized spacial score (nSPS) is 52.0. The molecule has 0 bridgehead atoms. The second-order valence-electron chi connectivity index (χ2n) is 11.6. The van der Waals surface area contributed by atoms with Gasteiger partial charge < -0.3 is 88.7 Å². The first-order valence-electron chi connectivity index (χ1n) is 14.1. The summed E-state index contributed by atoms with van der Waals surface area (Å²) in [6, 6.07) is -3.73. The second-order valence-corrected chi connectivity index (χ2v) is 11.6. The quantitative estimate of drug-likeness (QED) is 0.117. The summed E-state index contributed by atoms with van der Waals surface area (Å²) in [6.45, 7) is -1.03. The fourth-order valence-corrected chi connectivity index (χ4v) is 6.34. The van der Waals surface area contributed by atoms with Crippen molar-refractivity contribution >= 4 is 0 Å². The van der Waals surface area contributed by atoms with Crippen LogP contribution < -0.4 is 34.4 Å². The van der Waals surface area contributed by atoms with E-state index in [2.05, 4.69) is 0 Å². The molecular formula is C24H48N6O11. The average Bonchev–Trinajstić information content (AvgIpc) is 3.25. The van der Waals surface area contributed by atoms with Gasteiger partial charge in [0.15, 0.2) is 12.6 Å². The van der Waals surface area contributed by atoms with Crippen LogP contribution in [0.3, 0.4) is 0 Å². The van der Waals surface area contributed by atoms with Gasteiger partial charge in [-0.1, -0.05) is 0 Å². The number of aliphatic hydroxyl groups excluding tert-OH is 6. The summed E-state index contributed by atoms with van der Waals surface area (Å²) >= 11 is 0. The van der Waals surface area contributed by atoms with Crippen LogP contribution in [-0.2, 0) is 23.7 Å². The van der Waals surface area contributed by atoms with Gasteiger partial charge in [0.1, 0.15) is 36.6 Å². The Morgan fingerprint density at radius 3 is 2.02 bits per heavy atom. The summed E-state index contributed by atoms with van der Waals surface area (Å²) in [5.74, 6) is -0.700. The van der Waals surface area contributed by atoms with Crippen molar-refractivity contribution in [2.24, 2.45) is 40.3 Å². The predicted octanol–water partition coefficient (Wildman–Crippen LogP) is -7.20. The van der Waals surface area contributed by atoms with E-state index >= 15 is 0 Å². The van der Waals surface area contributed by atoms with Gasteiger partial charge in [-0.15, -0.1) is 0 Å². The van der Waals surface area contributed by atoms with Gasteiger partial charge in [-0.2, -0.15) is 0 Å². The first-order valence-corrected chi connectivity index (χ1v) is 14.1. The largest absolute Gasteiger partial charge is 0.395 e. The van der Waals surface area contributed by atoms with E-state index in [0.717, 1.165) is 0 Å². The lowest BCUT2D eigenvalue weighted by Gasteiger charge is -2.50. The van der Waals surface area contributed by atoms with E-state index in [1.807, 2.05) is 0 Å². The molecule has 4 fully saturated rings. The Hall–Kier alpha value is -0.680. The standard InChI is InChI=1S/C24H48N6O11/c25-4-12-17(34)18(35)15(30)23(38-12)40-21-13(6-32)39-24(19(21)36)41-22-14(8(27)3-9(28)16(22)33)20-7(26)1-2-11(37-20)10(29)5-31/h7-24,31-36H,1-6,25-30H2/t7-,8+,9-,10+,11+,12+,13-,14+,15-,16+,17-,18-,19-,20?,21-,22+,23-,24+/m1/s1. The Bertz CT molecular complexity index is 837. The molecule has 1 aliphatic carbocycles. The van der Waals surface area contributed by atoms with Crippen LogP contribution in [-0.4, -0.2) is 154 Å². The summed E-state index contributed by atoms with van der Waals surface area (Å²) in [5.41, 5.74) is 36.8. The third kappa shape index (κ3) is 6.71. The zero-order chi connectivity index (χ0) is 30.2. The van der Waals surface area contributed by atoms with Crippen LogP contribution in [0.15, 0.2) is 0 Å². The summed E-state index contributed by atoms with van der Waals surface area (Å²) in [6.07, 6.45) is -12.7. The summed E-state index contributed by atoms with van der Waals surface area (Å²) in [4.78, 5) is 0. The molecule has 4 aliphatic rings. The first kappa shape index (κ1) is 33.2. The lowest BCUT2D eigenvalue weighted by molar-refractivity contribution is -0.280. The molecule has 1 unspecified atom stereocenters. The number of nitrogens with two attached hydrogens (primary N) is 6. The van der Waals surface area contributed by atoms with Crippen molar-refractivity contribution in [1.82, 2.24) is 0 Å². The zero-order valence-corrected chi connectivity index (χ0v) is 22.8. The highest BCUT2D eigenvalue weighted by Gasteiger charge is 2.55. The van der Waals surface area contributed by atoms with Crippen molar-refractivity contribution in [3.63, 3.8) is 0 Å². The van der Waals surface area contributed by atoms with Crippen LogP contribution in [0, 0.1) is 5.92 Å². The average molecular weight is 597 g/mol. The van der Waals surface area contributed by atoms with Crippen molar-refractivity contribution in [1.29, 1.82) is 0 Å². The number of ether oxygens (including phenoxy) is 5. The topological polar surface area (TPSA) is 324 Å². The Labute approximate surface area is 237 Å². The van der Waals surface area contributed by atoms with Gasteiger partial charge in [-0.25, -0.2) is 0 Å². The van der Waals surface area contributed by atoms with Crippen molar-refractivity contribution in [3.8, 4) is 0 Å².